The monoisotopic (exact) mass is 222 g/mol. The molecule has 0 fully saturated rings. The highest BCUT2D eigenvalue weighted by Gasteiger charge is 2.06. The van der Waals surface area contributed by atoms with Gasteiger partial charge in [0.05, 0.1) is 12.2 Å². The van der Waals surface area contributed by atoms with Crippen LogP contribution < -0.4 is 4.74 Å². The number of nitrogens with zero attached hydrogens (tertiary/aromatic N) is 4. The first kappa shape index (κ1) is 10.7. The Kier molecular flexibility index (Phi) is 2.89. The average Bonchev–Trinajstić information content (AvgIpc) is 2.75. The summed E-state index contributed by atoms with van der Waals surface area (Å²) in [6.07, 6.45) is 0. The van der Waals surface area contributed by atoms with E-state index in [1.807, 2.05) is 24.6 Å². The summed E-state index contributed by atoms with van der Waals surface area (Å²) in [4.78, 5) is 0. The van der Waals surface area contributed by atoms with E-state index >= 15 is 0 Å². The molecule has 0 unspecified atom stereocenters. The van der Waals surface area contributed by atoms with Crippen LogP contribution in [0.25, 0.3) is 0 Å². The summed E-state index contributed by atoms with van der Waals surface area (Å²) in [6, 6.07) is 2.03. The SMILES string of the molecule is Cc1cc(C)n(CCOc2nonc2C)n1. The van der Waals surface area contributed by atoms with E-state index in [1.165, 1.54) is 0 Å². The van der Waals surface area contributed by atoms with Crippen molar-refractivity contribution >= 4 is 0 Å². The highest BCUT2D eigenvalue weighted by Crippen LogP contribution is 2.10. The molecule has 2 aromatic rings. The molecule has 2 rings (SSSR count). The van der Waals surface area contributed by atoms with Crippen molar-refractivity contribution in [1.82, 2.24) is 20.1 Å². The zero-order valence-electron chi connectivity index (χ0n) is 9.60. The number of aryl methyl sites for hydroxylation is 3. The molecule has 6 nitrogen and oxygen atoms in total. The zero-order chi connectivity index (χ0) is 11.5. The minimum Gasteiger partial charge on any atom is -0.472 e. The lowest BCUT2D eigenvalue weighted by Crippen LogP contribution is -2.11. The summed E-state index contributed by atoms with van der Waals surface area (Å²) in [6.45, 7) is 6.96. The number of ether oxygens (including phenoxy) is 1. The van der Waals surface area contributed by atoms with Crippen LogP contribution >= 0.6 is 0 Å². The fourth-order valence-corrected chi connectivity index (χ4v) is 1.48. The third-order valence-corrected chi connectivity index (χ3v) is 2.26. The van der Waals surface area contributed by atoms with Crippen LogP contribution in [0.15, 0.2) is 10.7 Å². The Bertz CT molecular complexity index is 475. The standard InChI is InChI=1S/C10H14N4O2/c1-7-6-8(2)14(11-7)4-5-15-10-9(3)12-16-13-10/h6H,4-5H2,1-3H3. The van der Waals surface area contributed by atoms with E-state index in [2.05, 4.69) is 20.0 Å². The van der Waals surface area contributed by atoms with Crippen LogP contribution in [0.4, 0.5) is 0 Å². The van der Waals surface area contributed by atoms with Crippen molar-refractivity contribution in [1.29, 1.82) is 0 Å². The van der Waals surface area contributed by atoms with Crippen LogP contribution in [-0.4, -0.2) is 26.7 Å². The summed E-state index contributed by atoms with van der Waals surface area (Å²) in [5.74, 6) is 0.446. The molecule has 86 valence electrons. The number of aromatic nitrogens is 4. The number of hydrogen-bond acceptors (Lipinski definition) is 5. The van der Waals surface area contributed by atoms with Crippen LogP contribution in [0.3, 0.4) is 0 Å². The van der Waals surface area contributed by atoms with Crippen molar-refractivity contribution < 1.29 is 9.37 Å². The fraction of sp³-hybridized carbons (Fsp3) is 0.500. The van der Waals surface area contributed by atoms with Crippen molar-refractivity contribution in [3.63, 3.8) is 0 Å². The Balaban J connectivity index is 1.89. The molecule has 0 aliphatic heterocycles. The predicted molar refractivity (Wildman–Crippen MR) is 56.2 cm³/mol. The van der Waals surface area contributed by atoms with Crippen LogP contribution in [0.2, 0.25) is 0 Å². The second-order valence-electron chi connectivity index (χ2n) is 3.65. The zero-order valence-corrected chi connectivity index (χ0v) is 9.60. The lowest BCUT2D eigenvalue weighted by Gasteiger charge is -2.04. The first-order chi connectivity index (χ1) is 7.66. The topological polar surface area (TPSA) is 66.0 Å². The highest BCUT2D eigenvalue weighted by molar-refractivity contribution is 5.11. The van der Waals surface area contributed by atoms with Crippen LogP contribution in [0, 0.1) is 20.8 Å². The molecule has 0 aliphatic rings. The van der Waals surface area contributed by atoms with Crippen molar-refractivity contribution in [3.8, 4) is 5.88 Å². The van der Waals surface area contributed by atoms with E-state index in [0.717, 1.165) is 11.4 Å². The van der Waals surface area contributed by atoms with Gasteiger partial charge in [-0.05, 0) is 32.0 Å². The van der Waals surface area contributed by atoms with Gasteiger partial charge < -0.3 is 4.74 Å². The van der Waals surface area contributed by atoms with E-state index in [1.54, 1.807) is 6.92 Å². The fourth-order valence-electron chi connectivity index (χ4n) is 1.48. The Hall–Kier alpha value is -1.85. The van der Waals surface area contributed by atoms with Gasteiger partial charge in [0.2, 0.25) is 0 Å². The molecular weight excluding hydrogens is 208 g/mol. The maximum atomic E-state index is 5.42. The maximum Gasteiger partial charge on any atom is 0.278 e. The van der Waals surface area contributed by atoms with E-state index in [9.17, 15) is 0 Å². The van der Waals surface area contributed by atoms with Gasteiger partial charge in [0.15, 0.2) is 0 Å². The molecule has 0 radical (unpaired) electrons. The highest BCUT2D eigenvalue weighted by atomic mass is 16.6. The molecule has 0 bridgehead atoms. The number of rotatable bonds is 4. The molecule has 2 heterocycles. The van der Waals surface area contributed by atoms with Crippen LogP contribution in [0.1, 0.15) is 17.1 Å². The second-order valence-corrected chi connectivity index (χ2v) is 3.65. The molecule has 0 atom stereocenters. The Morgan fingerprint density at radius 3 is 2.69 bits per heavy atom. The lowest BCUT2D eigenvalue weighted by atomic mass is 10.4. The van der Waals surface area contributed by atoms with Crippen molar-refractivity contribution in [2.45, 2.75) is 27.3 Å². The average molecular weight is 222 g/mol. The Labute approximate surface area is 93.2 Å². The molecule has 0 aliphatic carbocycles. The van der Waals surface area contributed by atoms with Gasteiger partial charge in [-0.1, -0.05) is 5.16 Å². The van der Waals surface area contributed by atoms with Gasteiger partial charge >= 0.3 is 0 Å². The molecule has 2 aromatic heterocycles. The largest absolute Gasteiger partial charge is 0.472 e. The van der Waals surface area contributed by atoms with Gasteiger partial charge in [-0.25, -0.2) is 4.63 Å². The van der Waals surface area contributed by atoms with Gasteiger partial charge in [-0.15, -0.1) is 0 Å². The summed E-state index contributed by atoms with van der Waals surface area (Å²) >= 11 is 0. The Morgan fingerprint density at radius 2 is 2.12 bits per heavy atom. The molecule has 0 amide bonds. The third kappa shape index (κ3) is 2.21. The number of hydrogen-bond donors (Lipinski definition) is 0. The first-order valence-corrected chi connectivity index (χ1v) is 5.10. The normalized spacial score (nSPS) is 10.7. The van der Waals surface area contributed by atoms with Gasteiger partial charge in [0, 0.05) is 5.69 Å². The summed E-state index contributed by atoms with van der Waals surface area (Å²) in [5.41, 5.74) is 2.79. The van der Waals surface area contributed by atoms with Gasteiger partial charge in [0.25, 0.3) is 5.88 Å². The predicted octanol–water partition coefficient (Wildman–Crippen LogP) is 1.27. The van der Waals surface area contributed by atoms with E-state index in [0.29, 0.717) is 24.7 Å². The Morgan fingerprint density at radius 1 is 1.31 bits per heavy atom. The molecule has 0 spiro atoms. The molecular formula is C10H14N4O2. The molecule has 16 heavy (non-hydrogen) atoms. The van der Waals surface area contributed by atoms with Crippen molar-refractivity contribution in [2.75, 3.05) is 6.61 Å². The van der Waals surface area contributed by atoms with E-state index in [-0.39, 0.29) is 0 Å². The van der Waals surface area contributed by atoms with Crippen LogP contribution in [-0.2, 0) is 6.54 Å². The molecule has 0 aromatic carbocycles. The van der Waals surface area contributed by atoms with Gasteiger partial charge in [0.1, 0.15) is 12.3 Å². The second kappa shape index (κ2) is 4.34. The third-order valence-electron chi connectivity index (χ3n) is 2.26. The summed E-state index contributed by atoms with van der Waals surface area (Å²) < 4.78 is 11.8. The van der Waals surface area contributed by atoms with E-state index < -0.39 is 0 Å². The van der Waals surface area contributed by atoms with E-state index in [4.69, 9.17) is 4.74 Å². The smallest absolute Gasteiger partial charge is 0.278 e. The molecule has 0 saturated carbocycles. The molecule has 0 saturated heterocycles. The molecule has 0 N–H and O–H groups in total. The first-order valence-electron chi connectivity index (χ1n) is 5.10. The van der Waals surface area contributed by atoms with Crippen molar-refractivity contribution in [3.05, 3.63) is 23.1 Å². The maximum absolute atomic E-state index is 5.42. The summed E-state index contributed by atoms with van der Waals surface area (Å²) in [5, 5.41) is 11.6. The van der Waals surface area contributed by atoms with Crippen molar-refractivity contribution in [2.24, 2.45) is 0 Å². The van der Waals surface area contributed by atoms with Gasteiger partial charge in [-0.2, -0.15) is 5.10 Å². The summed E-state index contributed by atoms with van der Waals surface area (Å²) in [7, 11) is 0. The van der Waals surface area contributed by atoms with Crippen LogP contribution in [0.5, 0.6) is 5.88 Å². The minimum absolute atomic E-state index is 0.446. The quantitative estimate of drug-likeness (QED) is 0.779. The lowest BCUT2D eigenvalue weighted by molar-refractivity contribution is 0.244. The molecule has 6 heteroatoms. The minimum atomic E-state index is 0.446. The van der Waals surface area contributed by atoms with Gasteiger partial charge in [-0.3, -0.25) is 4.68 Å².